The van der Waals surface area contributed by atoms with Gasteiger partial charge in [0.1, 0.15) is 0 Å². The van der Waals surface area contributed by atoms with Crippen LogP contribution in [0.15, 0.2) is 0 Å². The second-order valence-corrected chi connectivity index (χ2v) is 7.14. The molecule has 106 valence electrons. The fourth-order valence-electron chi connectivity index (χ4n) is 3.48. The molecular formula is C15H28BrNO. The molecule has 3 heteroatoms. The van der Waals surface area contributed by atoms with Gasteiger partial charge in [-0.1, -0.05) is 22.9 Å². The van der Waals surface area contributed by atoms with Gasteiger partial charge in [-0.05, 0) is 56.9 Å². The lowest BCUT2D eigenvalue weighted by atomic mass is 9.80. The van der Waals surface area contributed by atoms with Crippen molar-refractivity contribution in [1.82, 2.24) is 4.90 Å². The smallest absolute Gasteiger partial charge is 0.0472 e. The molecule has 0 aromatic heterocycles. The maximum atomic E-state index is 5.53. The zero-order chi connectivity index (χ0) is 13.0. The van der Waals surface area contributed by atoms with Crippen LogP contribution >= 0.6 is 15.9 Å². The standard InChI is InChI=1S/C15H28BrNO/c1-13-3-5-14(6-4-13)17(2)12-15(11-16)7-9-18-10-8-15/h13-14H,3-12H2,1-2H3. The van der Waals surface area contributed by atoms with Gasteiger partial charge in [0.05, 0.1) is 0 Å². The molecule has 0 radical (unpaired) electrons. The minimum Gasteiger partial charge on any atom is -0.381 e. The topological polar surface area (TPSA) is 12.5 Å². The molecule has 1 aliphatic heterocycles. The zero-order valence-corrected chi connectivity index (χ0v) is 13.5. The number of hydrogen-bond donors (Lipinski definition) is 0. The van der Waals surface area contributed by atoms with E-state index in [4.69, 9.17) is 4.74 Å². The first-order valence-electron chi connectivity index (χ1n) is 7.49. The van der Waals surface area contributed by atoms with E-state index >= 15 is 0 Å². The Morgan fingerprint density at radius 2 is 1.78 bits per heavy atom. The summed E-state index contributed by atoms with van der Waals surface area (Å²) in [6.45, 7) is 5.53. The van der Waals surface area contributed by atoms with Crippen LogP contribution in [0.1, 0.15) is 45.4 Å². The van der Waals surface area contributed by atoms with E-state index in [0.29, 0.717) is 5.41 Å². The Balaban J connectivity index is 1.86. The van der Waals surface area contributed by atoms with Crippen molar-refractivity contribution in [1.29, 1.82) is 0 Å². The first kappa shape index (κ1) is 14.8. The van der Waals surface area contributed by atoms with Crippen LogP contribution in [-0.4, -0.2) is 43.1 Å². The summed E-state index contributed by atoms with van der Waals surface area (Å²) in [6.07, 6.45) is 8.05. The van der Waals surface area contributed by atoms with E-state index in [-0.39, 0.29) is 0 Å². The fraction of sp³-hybridized carbons (Fsp3) is 1.00. The summed E-state index contributed by atoms with van der Waals surface area (Å²) < 4.78 is 5.53. The Bertz CT molecular complexity index is 245. The summed E-state index contributed by atoms with van der Waals surface area (Å²) in [4.78, 5) is 2.64. The SMILES string of the molecule is CC1CCC(N(C)CC2(CBr)CCOCC2)CC1. The van der Waals surface area contributed by atoms with E-state index in [1.54, 1.807) is 0 Å². The third-order valence-electron chi connectivity index (χ3n) is 5.03. The van der Waals surface area contributed by atoms with Crippen molar-refractivity contribution < 1.29 is 4.74 Å². The van der Waals surface area contributed by atoms with Gasteiger partial charge in [-0.15, -0.1) is 0 Å². The molecule has 2 nitrogen and oxygen atoms in total. The number of hydrogen-bond acceptors (Lipinski definition) is 2. The van der Waals surface area contributed by atoms with Crippen LogP contribution in [0.4, 0.5) is 0 Å². The summed E-state index contributed by atoms with van der Waals surface area (Å²) in [5.74, 6) is 0.947. The van der Waals surface area contributed by atoms with Gasteiger partial charge in [-0.2, -0.15) is 0 Å². The lowest BCUT2D eigenvalue weighted by Crippen LogP contribution is -2.45. The second kappa shape index (κ2) is 6.71. The number of alkyl halides is 1. The molecule has 1 aliphatic carbocycles. The zero-order valence-electron chi connectivity index (χ0n) is 12.0. The maximum absolute atomic E-state index is 5.53. The quantitative estimate of drug-likeness (QED) is 0.733. The lowest BCUT2D eigenvalue weighted by molar-refractivity contribution is 0.00199. The first-order chi connectivity index (χ1) is 8.65. The molecule has 0 N–H and O–H groups in total. The van der Waals surface area contributed by atoms with E-state index < -0.39 is 0 Å². The van der Waals surface area contributed by atoms with Gasteiger partial charge in [0, 0.05) is 31.1 Å². The van der Waals surface area contributed by atoms with Crippen molar-refractivity contribution in [3.63, 3.8) is 0 Å². The van der Waals surface area contributed by atoms with Crippen LogP contribution in [0.5, 0.6) is 0 Å². The molecule has 2 aliphatic rings. The largest absolute Gasteiger partial charge is 0.381 e. The van der Waals surface area contributed by atoms with Gasteiger partial charge < -0.3 is 9.64 Å². The highest BCUT2D eigenvalue weighted by molar-refractivity contribution is 9.09. The number of halogens is 1. The van der Waals surface area contributed by atoms with Crippen molar-refractivity contribution in [2.75, 3.05) is 32.1 Å². The highest BCUT2D eigenvalue weighted by Crippen LogP contribution is 2.35. The van der Waals surface area contributed by atoms with Gasteiger partial charge in [0.2, 0.25) is 0 Å². The van der Waals surface area contributed by atoms with Crippen molar-refractivity contribution >= 4 is 15.9 Å². The van der Waals surface area contributed by atoms with Crippen LogP contribution in [0.3, 0.4) is 0 Å². The monoisotopic (exact) mass is 317 g/mol. The van der Waals surface area contributed by atoms with E-state index in [2.05, 4.69) is 34.8 Å². The molecule has 0 unspecified atom stereocenters. The second-order valence-electron chi connectivity index (χ2n) is 6.57. The maximum Gasteiger partial charge on any atom is 0.0472 e. The van der Waals surface area contributed by atoms with Gasteiger partial charge >= 0.3 is 0 Å². The Morgan fingerprint density at radius 1 is 1.17 bits per heavy atom. The molecule has 18 heavy (non-hydrogen) atoms. The Morgan fingerprint density at radius 3 is 2.33 bits per heavy atom. The lowest BCUT2D eigenvalue weighted by Gasteiger charge is -2.42. The minimum absolute atomic E-state index is 0.454. The highest BCUT2D eigenvalue weighted by atomic mass is 79.9. The summed E-state index contributed by atoms with van der Waals surface area (Å²) >= 11 is 3.75. The number of rotatable bonds is 4. The van der Waals surface area contributed by atoms with E-state index in [1.165, 1.54) is 45.1 Å². The minimum atomic E-state index is 0.454. The molecule has 2 rings (SSSR count). The summed E-state index contributed by atoms with van der Waals surface area (Å²) in [7, 11) is 2.33. The molecule has 0 bridgehead atoms. The van der Waals surface area contributed by atoms with E-state index in [0.717, 1.165) is 30.5 Å². The molecule has 1 saturated carbocycles. The predicted molar refractivity (Wildman–Crippen MR) is 80.3 cm³/mol. The molecule has 0 spiro atoms. The van der Waals surface area contributed by atoms with Crippen LogP contribution in [-0.2, 0) is 4.74 Å². The molecule has 0 aromatic carbocycles. The van der Waals surface area contributed by atoms with Gasteiger partial charge in [-0.3, -0.25) is 0 Å². The number of ether oxygens (including phenoxy) is 1. The Kier molecular flexibility index (Phi) is 5.52. The third-order valence-corrected chi connectivity index (χ3v) is 6.22. The molecule has 0 aromatic rings. The molecule has 1 saturated heterocycles. The van der Waals surface area contributed by atoms with Crippen molar-refractivity contribution in [3.05, 3.63) is 0 Å². The Labute approximate surface area is 121 Å². The van der Waals surface area contributed by atoms with Crippen LogP contribution in [0.2, 0.25) is 0 Å². The van der Waals surface area contributed by atoms with Gasteiger partial charge in [-0.25, -0.2) is 0 Å². The number of nitrogens with zero attached hydrogens (tertiary/aromatic N) is 1. The van der Waals surface area contributed by atoms with Crippen molar-refractivity contribution in [2.45, 2.75) is 51.5 Å². The van der Waals surface area contributed by atoms with Crippen molar-refractivity contribution in [2.24, 2.45) is 11.3 Å². The van der Waals surface area contributed by atoms with Crippen LogP contribution < -0.4 is 0 Å². The predicted octanol–water partition coefficient (Wildman–Crippen LogP) is 3.69. The summed E-state index contributed by atoms with van der Waals surface area (Å²) in [6, 6.07) is 0.819. The van der Waals surface area contributed by atoms with Gasteiger partial charge in [0.15, 0.2) is 0 Å². The molecule has 2 fully saturated rings. The molecule has 1 heterocycles. The normalized spacial score (nSPS) is 32.7. The summed E-state index contributed by atoms with van der Waals surface area (Å²) in [5, 5.41) is 1.12. The van der Waals surface area contributed by atoms with Crippen molar-refractivity contribution in [3.8, 4) is 0 Å². The van der Waals surface area contributed by atoms with Gasteiger partial charge in [0.25, 0.3) is 0 Å². The third kappa shape index (κ3) is 3.71. The molecular weight excluding hydrogens is 290 g/mol. The average Bonchev–Trinajstić information content (AvgIpc) is 2.40. The van der Waals surface area contributed by atoms with Crippen LogP contribution in [0, 0.1) is 11.3 Å². The average molecular weight is 318 g/mol. The first-order valence-corrected chi connectivity index (χ1v) is 8.61. The van der Waals surface area contributed by atoms with E-state index in [9.17, 15) is 0 Å². The molecule has 0 amide bonds. The fourth-order valence-corrected chi connectivity index (χ4v) is 4.22. The molecule has 0 atom stereocenters. The highest BCUT2D eigenvalue weighted by Gasteiger charge is 2.34. The Hall–Kier alpha value is 0.400. The van der Waals surface area contributed by atoms with Crippen LogP contribution in [0.25, 0.3) is 0 Å². The summed E-state index contributed by atoms with van der Waals surface area (Å²) in [5.41, 5.74) is 0.454. The van der Waals surface area contributed by atoms with E-state index in [1.807, 2.05) is 0 Å².